The van der Waals surface area contributed by atoms with Crippen LogP contribution in [0.3, 0.4) is 0 Å². The van der Waals surface area contributed by atoms with Gasteiger partial charge in [0.15, 0.2) is 0 Å². The lowest BCUT2D eigenvalue weighted by molar-refractivity contribution is -0.140. The molecular weight excluding hydrogens is 236 g/mol. The van der Waals surface area contributed by atoms with Crippen LogP contribution in [0.1, 0.15) is 19.3 Å². The van der Waals surface area contributed by atoms with Crippen molar-refractivity contribution in [3.05, 3.63) is 0 Å². The van der Waals surface area contributed by atoms with Gasteiger partial charge < -0.3 is 15.0 Å². The minimum atomic E-state index is -0.213. The molecule has 2 saturated heterocycles. The molecule has 0 aliphatic carbocycles. The number of thioether (sulfide) groups is 1. The summed E-state index contributed by atoms with van der Waals surface area (Å²) < 4.78 is 5.78. The molecule has 0 aromatic rings. The zero-order valence-electron chi connectivity index (χ0n) is 10.6. The van der Waals surface area contributed by atoms with Crippen LogP contribution in [0.25, 0.3) is 0 Å². The van der Waals surface area contributed by atoms with Crippen molar-refractivity contribution in [1.82, 2.24) is 10.2 Å². The number of ether oxygens (including phenoxy) is 1. The maximum Gasteiger partial charge on any atom is 0.251 e. The van der Waals surface area contributed by atoms with Crippen LogP contribution < -0.4 is 5.32 Å². The number of nitrogens with zero attached hydrogens (tertiary/aromatic N) is 1. The maximum atomic E-state index is 11.7. The Labute approximate surface area is 107 Å². The predicted octanol–water partition coefficient (Wildman–Crippen LogP) is 0.717. The van der Waals surface area contributed by atoms with Crippen molar-refractivity contribution >= 4 is 17.7 Å². The summed E-state index contributed by atoms with van der Waals surface area (Å²) in [6, 6.07) is 0.646. The summed E-state index contributed by atoms with van der Waals surface area (Å²) in [4.78, 5) is 13.3. The van der Waals surface area contributed by atoms with E-state index in [4.69, 9.17) is 4.74 Å². The van der Waals surface area contributed by atoms with Gasteiger partial charge in [-0.1, -0.05) is 0 Å². The largest absolute Gasteiger partial charge is 0.364 e. The van der Waals surface area contributed by atoms with E-state index in [1.807, 2.05) is 11.8 Å². The number of carbonyl (C=O) groups excluding carboxylic acids is 1. The zero-order valence-corrected chi connectivity index (χ0v) is 11.5. The van der Waals surface area contributed by atoms with E-state index < -0.39 is 0 Å². The Morgan fingerprint density at radius 2 is 2.24 bits per heavy atom. The van der Waals surface area contributed by atoms with Crippen LogP contribution in [-0.4, -0.2) is 61.2 Å². The summed E-state index contributed by atoms with van der Waals surface area (Å²) in [5.74, 6) is 2.58. The number of nitrogens with one attached hydrogen (secondary N) is 1. The highest BCUT2D eigenvalue weighted by atomic mass is 32.2. The van der Waals surface area contributed by atoms with Crippen LogP contribution in [0.4, 0.5) is 0 Å². The van der Waals surface area contributed by atoms with Gasteiger partial charge in [0.1, 0.15) is 6.10 Å². The van der Waals surface area contributed by atoms with Gasteiger partial charge >= 0.3 is 0 Å². The molecule has 2 rings (SSSR count). The molecule has 2 heterocycles. The number of carbonyl (C=O) groups is 1. The molecule has 5 heteroatoms. The second kappa shape index (κ2) is 6.07. The summed E-state index contributed by atoms with van der Waals surface area (Å²) >= 11 is 2.01. The summed E-state index contributed by atoms with van der Waals surface area (Å²) in [6.07, 6.45) is 3.13. The summed E-state index contributed by atoms with van der Waals surface area (Å²) in [7, 11) is 3.57. The number of amides is 1. The van der Waals surface area contributed by atoms with E-state index in [0.29, 0.717) is 6.04 Å². The van der Waals surface area contributed by atoms with Gasteiger partial charge in [-0.25, -0.2) is 0 Å². The van der Waals surface area contributed by atoms with Crippen molar-refractivity contribution in [2.45, 2.75) is 37.5 Å². The number of hydrogen-bond donors (Lipinski definition) is 1. The normalized spacial score (nSPS) is 32.9. The molecule has 2 aliphatic heterocycles. The SMILES string of the molecule is CN(C)C(=O)[C@@H]1CC[C@H](CN[C@H]2CCSC2)O1. The Morgan fingerprint density at radius 1 is 1.41 bits per heavy atom. The van der Waals surface area contributed by atoms with Crippen molar-refractivity contribution in [3.63, 3.8) is 0 Å². The number of rotatable bonds is 4. The minimum absolute atomic E-state index is 0.101. The fraction of sp³-hybridized carbons (Fsp3) is 0.917. The summed E-state index contributed by atoms with van der Waals surface area (Å²) in [6.45, 7) is 0.891. The molecule has 0 saturated carbocycles. The third kappa shape index (κ3) is 3.60. The highest BCUT2D eigenvalue weighted by Gasteiger charge is 2.31. The van der Waals surface area contributed by atoms with Crippen LogP contribution in [0.5, 0.6) is 0 Å². The van der Waals surface area contributed by atoms with E-state index in [1.54, 1.807) is 19.0 Å². The van der Waals surface area contributed by atoms with E-state index in [0.717, 1.165) is 19.4 Å². The van der Waals surface area contributed by atoms with E-state index in [1.165, 1.54) is 17.9 Å². The predicted molar refractivity (Wildman–Crippen MR) is 70.3 cm³/mol. The van der Waals surface area contributed by atoms with Crippen LogP contribution >= 0.6 is 11.8 Å². The standard InChI is InChI=1S/C12H22N2O2S/c1-14(2)12(15)11-4-3-10(16-11)7-13-9-5-6-17-8-9/h9-11,13H,3-8H2,1-2H3/t9-,10+,11-/m0/s1. The topological polar surface area (TPSA) is 41.6 Å². The van der Waals surface area contributed by atoms with Crippen LogP contribution in [0.15, 0.2) is 0 Å². The molecule has 98 valence electrons. The molecule has 1 amide bonds. The second-order valence-corrected chi connectivity index (χ2v) is 6.18. The first kappa shape index (κ1) is 13.2. The van der Waals surface area contributed by atoms with Crippen molar-refractivity contribution in [2.24, 2.45) is 0 Å². The second-order valence-electron chi connectivity index (χ2n) is 5.03. The molecule has 3 atom stereocenters. The quantitative estimate of drug-likeness (QED) is 0.807. The Morgan fingerprint density at radius 3 is 2.88 bits per heavy atom. The molecule has 0 radical (unpaired) electrons. The first-order chi connectivity index (χ1) is 8.16. The molecule has 0 unspecified atom stereocenters. The molecule has 2 aliphatic rings. The van der Waals surface area contributed by atoms with E-state index in [-0.39, 0.29) is 18.1 Å². The van der Waals surface area contributed by atoms with Gasteiger partial charge in [-0.05, 0) is 25.0 Å². The fourth-order valence-electron chi connectivity index (χ4n) is 2.32. The molecule has 0 aromatic carbocycles. The van der Waals surface area contributed by atoms with Crippen molar-refractivity contribution in [2.75, 3.05) is 32.1 Å². The smallest absolute Gasteiger partial charge is 0.251 e. The highest BCUT2D eigenvalue weighted by molar-refractivity contribution is 7.99. The monoisotopic (exact) mass is 258 g/mol. The maximum absolute atomic E-state index is 11.7. The van der Waals surface area contributed by atoms with Gasteiger partial charge in [-0.3, -0.25) is 4.79 Å². The average Bonchev–Trinajstić information content (AvgIpc) is 2.96. The van der Waals surface area contributed by atoms with Crippen molar-refractivity contribution < 1.29 is 9.53 Å². The van der Waals surface area contributed by atoms with Gasteiger partial charge in [0.05, 0.1) is 6.10 Å². The fourth-order valence-corrected chi connectivity index (χ4v) is 3.51. The molecule has 2 fully saturated rings. The molecule has 1 N–H and O–H groups in total. The minimum Gasteiger partial charge on any atom is -0.364 e. The van der Waals surface area contributed by atoms with Gasteiger partial charge in [0, 0.05) is 32.4 Å². The summed E-state index contributed by atoms with van der Waals surface area (Å²) in [5.41, 5.74) is 0. The lowest BCUT2D eigenvalue weighted by atomic mass is 10.1. The number of likely N-dealkylation sites (N-methyl/N-ethyl adjacent to an activating group) is 1. The Balaban J connectivity index is 1.68. The van der Waals surface area contributed by atoms with Crippen LogP contribution in [-0.2, 0) is 9.53 Å². The summed E-state index contributed by atoms with van der Waals surface area (Å²) in [5, 5.41) is 3.54. The highest BCUT2D eigenvalue weighted by Crippen LogP contribution is 2.22. The van der Waals surface area contributed by atoms with Gasteiger partial charge in [0.25, 0.3) is 5.91 Å². The Kier molecular flexibility index (Phi) is 4.70. The van der Waals surface area contributed by atoms with Gasteiger partial charge in [-0.2, -0.15) is 11.8 Å². The Hall–Kier alpha value is -0.260. The Bertz CT molecular complexity index is 267. The molecule has 0 aromatic heterocycles. The van der Waals surface area contributed by atoms with Crippen LogP contribution in [0, 0.1) is 0 Å². The third-order valence-corrected chi connectivity index (χ3v) is 4.55. The molecular formula is C12H22N2O2S. The van der Waals surface area contributed by atoms with E-state index in [9.17, 15) is 4.79 Å². The van der Waals surface area contributed by atoms with E-state index >= 15 is 0 Å². The molecule has 0 spiro atoms. The van der Waals surface area contributed by atoms with Crippen molar-refractivity contribution in [1.29, 1.82) is 0 Å². The third-order valence-electron chi connectivity index (χ3n) is 3.39. The first-order valence-electron chi connectivity index (χ1n) is 6.34. The molecule has 4 nitrogen and oxygen atoms in total. The molecule has 0 bridgehead atoms. The lowest BCUT2D eigenvalue weighted by Gasteiger charge is -2.18. The average molecular weight is 258 g/mol. The van der Waals surface area contributed by atoms with Crippen LogP contribution in [0.2, 0.25) is 0 Å². The van der Waals surface area contributed by atoms with Crippen molar-refractivity contribution in [3.8, 4) is 0 Å². The number of hydrogen-bond acceptors (Lipinski definition) is 4. The molecule has 17 heavy (non-hydrogen) atoms. The zero-order chi connectivity index (χ0) is 12.3. The van der Waals surface area contributed by atoms with Gasteiger partial charge in [-0.15, -0.1) is 0 Å². The van der Waals surface area contributed by atoms with E-state index in [2.05, 4.69) is 5.32 Å². The first-order valence-corrected chi connectivity index (χ1v) is 7.50. The van der Waals surface area contributed by atoms with Gasteiger partial charge in [0.2, 0.25) is 0 Å². The lowest BCUT2D eigenvalue weighted by Crippen LogP contribution is -2.37.